The van der Waals surface area contributed by atoms with Gasteiger partial charge in [0.1, 0.15) is 0 Å². The molecule has 0 bridgehead atoms. The van der Waals surface area contributed by atoms with Gasteiger partial charge in [0.05, 0.1) is 17.6 Å². The molecule has 0 aliphatic heterocycles. The van der Waals surface area contributed by atoms with E-state index >= 15 is 0 Å². The molecule has 0 radical (unpaired) electrons. The second kappa shape index (κ2) is 6.30. The molecular formula is C15H18F3N3. The Morgan fingerprint density at radius 1 is 1.24 bits per heavy atom. The van der Waals surface area contributed by atoms with E-state index < -0.39 is 11.7 Å². The monoisotopic (exact) mass is 297 g/mol. The van der Waals surface area contributed by atoms with Crippen molar-refractivity contribution >= 4 is 0 Å². The Kier molecular flexibility index (Phi) is 4.67. The molecule has 1 aromatic heterocycles. The van der Waals surface area contributed by atoms with Crippen LogP contribution in [0.15, 0.2) is 36.8 Å². The van der Waals surface area contributed by atoms with E-state index in [0.717, 1.165) is 29.8 Å². The molecule has 2 aromatic rings. The number of alkyl halides is 3. The average molecular weight is 297 g/mol. The lowest BCUT2D eigenvalue weighted by Crippen LogP contribution is -2.21. The van der Waals surface area contributed by atoms with Crippen LogP contribution < -0.4 is 5.73 Å². The number of nitrogens with two attached hydrogens (primary N) is 1. The summed E-state index contributed by atoms with van der Waals surface area (Å²) in [6.45, 7) is 2.51. The molecule has 2 N–H and O–H groups in total. The van der Waals surface area contributed by atoms with E-state index in [-0.39, 0.29) is 6.04 Å². The summed E-state index contributed by atoms with van der Waals surface area (Å²) < 4.78 is 39.3. The number of aromatic nitrogens is 2. The van der Waals surface area contributed by atoms with Gasteiger partial charge in [-0.15, -0.1) is 0 Å². The standard InChI is InChI=1S/C15H18F3N3/c1-2-13(19)7-14-9-21(10-20-14)8-11-3-5-12(6-4-11)15(16,17)18/h3-6,9-10,13H,2,7-8,19H2,1H3. The molecule has 1 aromatic carbocycles. The number of hydrogen-bond acceptors (Lipinski definition) is 2. The van der Waals surface area contributed by atoms with Crippen molar-refractivity contribution < 1.29 is 13.2 Å². The zero-order valence-corrected chi connectivity index (χ0v) is 11.8. The fourth-order valence-corrected chi connectivity index (χ4v) is 2.02. The maximum Gasteiger partial charge on any atom is 0.416 e. The van der Waals surface area contributed by atoms with Crippen LogP contribution in [0.3, 0.4) is 0 Å². The van der Waals surface area contributed by atoms with Crippen molar-refractivity contribution in [1.82, 2.24) is 9.55 Å². The smallest absolute Gasteiger partial charge is 0.333 e. The van der Waals surface area contributed by atoms with E-state index in [9.17, 15) is 13.2 Å². The third-order valence-corrected chi connectivity index (χ3v) is 3.33. The highest BCUT2D eigenvalue weighted by Gasteiger charge is 2.29. The largest absolute Gasteiger partial charge is 0.416 e. The first kappa shape index (κ1) is 15.6. The van der Waals surface area contributed by atoms with E-state index in [1.807, 2.05) is 17.7 Å². The third kappa shape index (κ3) is 4.32. The summed E-state index contributed by atoms with van der Waals surface area (Å²) in [4.78, 5) is 4.26. The predicted molar refractivity (Wildman–Crippen MR) is 74.7 cm³/mol. The van der Waals surface area contributed by atoms with E-state index in [2.05, 4.69) is 4.98 Å². The molecule has 21 heavy (non-hydrogen) atoms. The molecular weight excluding hydrogens is 279 g/mol. The molecule has 0 saturated heterocycles. The molecule has 0 aliphatic carbocycles. The lowest BCUT2D eigenvalue weighted by Gasteiger charge is -2.08. The Labute approximate surface area is 121 Å². The Morgan fingerprint density at radius 3 is 2.48 bits per heavy atom. The quantitative estimate of drug-likeness (QED) is 0.921. The Hall–Kier alpha value is -1.82. The molecule has 6 heteroatoms. The van der Waals surface area contributed by atoms with Crippen molar-refractivity contribution in [3.63, 3.8) is 0 Å². The van der Waals surface area contributed by atoms with Crippen LogP contribution in [0.4, 0.5) is 13.2 Å². The normalized spacial score (nSPS) is 13.4. The zero-order valence-electron chi connectivity index (χ0n) is 11.8. The van der Waals surface area contributed by atoms with E-state index in [1.165, 1.54) is 12.1 Å². The molecule has 0 fully saturated rings. The summed E-state index contributed by atoms with van der Waals surface area (Å²) in [5.74, 6) is 0. The van der Waals surface area contributed by atoms with Gasteiger partial charge in [-0.1, -0.05) is 19.1 Å². The molecule has 1 unspecified atom stereocenters. The Morgan fingerprint density at radius 2 is 1.90 bits per heavy atom. The Bertz CT molecular complexity index is 573. The molecule has 1 atom stereocenters. The number of imidazole rings is 1. The van der Waals surface area contributed by atoms with Gasteiger partial charge in [0.2, 0.25) is 0 Å². The van der Waals surface area contributed by atoms with E-state index in [1.54, 1.807) is 6.33 Å². The van der Waals surface area contributed by atoms with Gasteiger partial charge in [0, 0.05) is 25.2 Å². The minimum absolute atomic E-state index is 0.0828. The number of benzene rings is 1. The van der Waals surface area contributed by atoms with Crippen molar-refractivity contribution in [2.24, 2.45) is 5.73 Å². The lowest BCUT2D eigenvalue weighted by atomic mass is 10.1. The second-order valence-electron chi connectivity index (χ2n) is 5.10. The third-order valence-electron chi connectivity index (χ3n) is 3.33. The Balaban J connectivity index is 2.02. The van der Waals surface area contributed by atoms with Crippen molar-refractivity contribution in [1.29, 1.82) is 0 Å². The number of rotatable bonds is 5. The van der Waals surface area contributed by atoms with Crippen LogP contribution in [0.25, 0.3) is 0 Å². The van der Waals surface area contributed by atoms with Gasteiger partial charge in [-0.05, 0) is 24.1 Å². The highest BCUT2D eigenvalue weighted by atomic mass is 19.4. The summed E-state index contributed by atoms with van der Waals surface area (Å²) in [5.41, 5.74) is 6.93. The average Bonchev–Trinajstić information content (AvgIpc) is 2.85. The lowest BCUT2D eigenvalue weighted by molar-refractivity contribution is -0.137. The molecule has 1 heterocycles. The molecule has 0 aliphatic rings. The van der Waals surface area contributed by atoms with E-state index in [0.29, 0.717) is 13.0 Å². The maximum atomic E-state index is 12.5. The van der Waals surface area contributed by atoms with Crippen LogP contribution in [0, 0.1) is 0 Å². The van der Waals surface area contributed by atoms with E-state index in [4.69, 9.17) is 5.73 Å². The highest BCUT2D eigenvalue weighted by Crippen LogP contribution is 2.29. The highest BCUT2D eigenvalue weighted by molar-refractivity contribution is 5.24. The van der Waals surface area contributed by atoms with Gasteiger partial charge < -0.3 is 10.3 Å². The molecule has 0 amide bonds. The summed E-state index contributed by atoms with van der Waals surface area (Å²) in [7, 11) is 0. The first-order valence-corrected chi connectivity index (χ1v) is 6.81. The molecule has 2 rings (SSSR count). The van der Waals surface area contributed by atoms with Crippen LogP contribution in [0.5, 0.6) is 0 Å². The summed E-state index contributed by atoms with van der Waals surface area (Å²) in [6, 6.07) is 5.25. The van der Waals surface area contributed by atoms with Crippen molar-refractivity contribution in [2.75, 3.05) is 0 Å². The van der Waals surface area contributed by atoms with Gasteiger partial charge in [-0.2, -0.15) is 13.2 Å². The topological polar surface area (TPSA) is 43.8 Å². The van der Waals surface area contributed by atoms with Gasteiger partial charge >= 0.3 is 6.18 Å². The first-order chi connectivity index (χ1) is 9.88. The summed E-state index contributed by atoms with van der Waals surface area (Å²) >= 11 is 0. The summed E-state index contributed by atoms with van der Waals surface area (Å²) in [6.07, 6.45) is 0.849. The zero-order chi connectivity index (χ0) is 15.5. The van der Waals surface area contributed by atoms with Crippen LogP contribution in [0.2, 0.25) is 0 Å². The summed E-state index contributed by atoms with van der Waals surface area (Å²) in [5, 5.41) is 0. The van der Waals surface area contributed by atoms with Crippen LogP contribution in [-0.2, 0) is 19.1 Å². The van der Waals surface area contributed by atoms with Crippen LogP contribution in [0.1, 0.15) is 30.2 Å². The predicted octanol–water partition coefficient (Wildman–Crippen LogP) is 3.23. The van der Waals surface area contributed by atoms with Crippen molar-refractivity contribution in [3.8, 4) is 0 Å². The number of hydrogen-bond donors (Lipinski definition) is 1. The molecule has 114 valence electrons. The van der Waals surface area contributed by atoms with Crippen molar-refractivity contribution in [2.45, 2.75) is 38.5 Å². The minimum atomic E-state index is -4.29. The number of halogens is 3. The second-order valence-corrected chi connectivity index (χ2v) is 5.10. The van der Waals surface area contributed by atoms with Crippen LogP contribution >= 0.6 is 0 Å². The first-order valence-electron chi connectivity index (χ1n) is 6.81. The fraction of sp³-hybridized carbons (Fsp3) is 0.400. The van der Waals surface area contributed by atoms with Gasteiger partial charge in [-0.25, -0.2) is 4.98 Å². The number of nitrogens with zero attached hydrogens (tertiary/aromatic N) is 2. The molecule has 3 nitrogen and oxygen atoms in total. The maximum absolute atomic E-state index is 12.5. The SMILES string of the molecule is CCC(N)Cc1cn(Cc2ccc(C(F)(F)F)cc2)cn1. The van der Waals surface area contributed by atoms with Gasteiger partial charge in [-0.3, -0.25) is 0 Å². The van der Waals surface area contributed by atoms with Gasteiger partial charge in [0.25, 0.3) is 0 Å². The van der Waals surface area contributed by atoms with Crippen LogP contribution in [-0.4, -0.2) is 15.6 Å². The van der Waals surface area contributed by atoms with Gasteiger partial charge in [0.15, 0.2) is 0 Å². The fourth-order valence-electron chi connectivity index (χ4n) is 2.02. The molecule has 0 spiro atoms. The van der Waals surface area contributed by atoms with Crippen molar-refractivity contribution in [3.05, 3.63) is 53.6 Å². The molecule has 0 saturated carbocycles. The minimum Gasteiger partial charge on any atom is -0.333 e.